The molecule has 2 saturated heterocycles. The number of nitrogens with one attached hydrogen (secondary N) is 1. The van der Waals surface area contributed by atoms with Crippen LogP contribution in [-0.4, -0.2) is 50.1 Å². The van der Waals surface area contributed by atoms with E-state index in [4.69, 9.17) is 20.7 Å². The smallest absolute Gasteiger partial charge is 0.455 e. The molecule has 2 fully saturated rings. The predicted octanol–water partition coefficient (Wildman–Crippen LogP) is 10.3. The molecule has 2 heterocycles. The van der Waals surface area contributed by atoms with Crippen LogP contribution in [0.4, 0.5) is 17.1 Å². The quantitative estimate of drug-likeness (QED) is 0.0579. The minimum absolute atomic E-state index is 0.107. The van der Waals surface area contributed by atoms with Crippen molar-refractivity contribution in [3.8, 4) is 5.75 Å². The first kappa shape index (κ1) is 44.4. The Labute approximate surface area is 377 Å². The summed E-state index contributed by atoms with van der Waals surface area (Å²) in [4.78, 5) is 30.9. The molecule has 0 saturated carbocycles. The van der Waals surface area contributed by atoms with Crippen LogP contribution in [0.5, 0.6) is 5.75 Å². The SMILES string of the molecule is CCC/C(=C\c1ccc(O)cc1Cl)CC[C@H]1OB(O)C[C@H]2C1=C(CO[Si](c1ccccc1)(c1ccccc1)C(C)(C)C)C[C@H]1C(=O)N(c3ccc(Nc4ccccc4)cc3)C(=O)[C@H]12. The number of fused-ring (bicyclic) bond motifs is 3. The summed E-state index contributed by atoms with van der Waals surface area (Å²) in [6, 6.07) is 43.3. The van der Waals surface area contributed by atoms with Crippen LogP contribution in [-0.2, 0) is 18.7 Å². The molecule has 3 aliphatic rings. The van der Waals surface area contributed by atoms with Crippen LogP contribution in [0.1, 0.15) is 65.4 Å². The van der Waals surface area contributed by atoms with E-state index in [9.17, 15) is 19.7 Å². The van der Waals surface area contributed by atoms with Gasteiger partial charge in [0.05, 0.1) is 35.3 Å². The van der Waals surface area contributed by atoms with Gasteiger partial charge in [0, 0.05) is 11.4 Å². The minimum atomic E-state index is -3.02. The normalized spacial score (nSPS) is 20.5. The van der Waals surface area contributed by atoms with Gasteiger partial charge in [-0.3, -0.25) is 14.5 Å². The molecule has 63 heavy (non-hydrogen) atoms. The zero-order valence-corrected chi connectivity index (χ0v) is 38.2. The maximum Gasteiger partial charge on any atom is 0.455 e. The molecule has 0 spiro atoms. The maximum atomic E-state index is 14.8. The number of rotatable bonds is 14. The first-order valence-corrected chi connectivity index (χ1v) is 24.4. The van der Waals surface area contributed by atoms with E-state index in [1.807, 2.05) is 72.8 Å². The lowest BCUT2D eigenvalue weighted by molar-refractivity contribution is -0.122. The van der Waals surface area contributed by atoms with E-state index in [0.29, 0.717) is 30.0 Å². The molecule has 1 aliphatic carbocycles. The Kier molecular flexibility index (Phi) is 13.3. The molecule has 2 aliphatic heterocycles. The predicted molar refractivity (Wildman–Crippen MR) is 257 cm³/mol. The van der Waals surface area contributed by atoms with Crippen molar-refractivity contribution >= 4 is 72.4 Å². The van der Waals surface area contributed by atoms with Crippen LogP contribution in [0.3, 0.4) is 0 Å². The topological polar surface area (TPSA) is 108 Å². The number of phenols is 1. The van der Waals surface area contributed by atoms with E-state index in [1.54, 1.807) is 12.1 Å². The second-order valence-electron chi connectivity index (χ2n) is 18.1. The number of hydrogen-bond donors (Lipinski definition) is 3. The molecule has 5 aromatic rings. The third-order valence-corrected chi connectivity index (χ3v) is 18.3. The van der Waals surface area contributed by atoms with E-state index >= 15 is 0 Å². The minimum Gasteiger partial charge on any atom is -0.508 e. The fraction of sp³-hybridized carbons (Fsp3) is 0.308. The highest BCUT2D eigenvalue weighted by molar-refractivity contribution is 6.99. The fourth-order valence-electron chi connectivity index (χ4n) is 10.2. The highest BCUT2D eigenvalue weighted by Gasteiger charge is 2.58. The molecule has 0 aromatic heterocycles. The molecule has 0 bridgehead atoms. The van der Waals surface area contributed by atoms with Gasteiger partial charge in [0.15, 0.2) is 0 Å². The lowest BCUT2D eigenvalue weighted by Gasteiger charge is -2.46. The summed E-state index contributed by atoms with van der Waals surface area (Å²) in [6.45, 7) is 9.13. The number of benzene rings is 5. The van der Waals surface area contributed by atoms with Gasteiger partial charge in [-0.05, 0) is 125 Å². The number of nitrogens with zero attached hydrogens (tertiary/aromatic N) is 1. The van der Waals surface area contributed by atoms with Crippen molar-refractivity contribution in [1.82, 2.24) is 0 Å². The van der Waals surface area contributed by atoms with Crippen molar-refractivity contribution in [2.75, 3.05) is 16.8 Å². The summed E-state index contributed by atoms with van der Waals surface area (Å²) >= 11 is 6.57. The fourth-order valence-corrected chi connectivity index (χ4v) is 15.0. The van der Waals surface area contributed by atoms with Crippen LogP contribution >= 0.6 is 11.6 Å². The molecule has 2 amide bonds. The number of halogens is 1. The monoisotopic (exact) mass is 878 g/mol. The van der Waals surface area contributed by atoms with Crippen molar-refractivity contribution in [3.05, 3.63) is 161 Å². The Balaban J connectivity index is 1.18. The van der Waals surface area contributed by atoms with Gasteiger partial charge in [-0.2, -0.15) is 0 Å². The molecule has 3 N–H and O–H groups in total. The second-order valence-corrected chi connectivity index (χ2v) is 22.8. The van der Waals surface area contributed by atoms with Crippen LogP contribution < -0.4 is 20.6 Å². The summed E-state index contributed by atoms with van der Waals surface area (Å²) in [5.74, 6) is -2.08. The van der Waals surface area contributed by atoms with Crippen molar-refractivity contribution in [2.24, 2.45) is 17.8 Å². The first-order chi connectivity index (χ1) is 30.4. The molecule has 5 aromatic carbocycles. The summed E-state index contributed by atoms with van der Waals surface area (Å²) in [5.41, 5.74) is 6.23. The van der Waals surface area contributed by atoms with Crippen LogP contribution in [0, 0.1) is 17.8 Å². The third-order valence-electron chi connectivity index (χ3n) is 13.0. The third kappa shape index (κ3) is 9.10. The van der Waals surface area contributed by atoms with Crippen molar-refractivity contribution in [2.45, 2.75) is 77.3 Å². The summed E-state index contributed by atoms with van der Waals surface area (Å²) in [6.07, 6.45) is 5.04. The second kappa shape index (κ2) is 18.9. The highest BCUT2D eigenvalue weighted by Crippen LogP contribution is 2.52. The van der Waals surface area contributed by atoms with Gasteiger partial charge >= 0.3 is 7.12 Å². The molecule has 0 unspecified atom stereocenters. The molecule has 8 rings (SSSR count). The van der Waals surface area contributed by atoms with E-state index in [-0.39, 0.29) is 35.5 Å². The summed E-state index contributed by atoms with van der Waals surface area (Å²) in [5, 5.41) is 27.4. The molecule has 11 heteroatoms. The largest absolute Gasteiger partial charge is 0.508 e. The summed E-state index contributed by atoms with van der Waals surface area (Å²) in [7, 11) is -4.14. The number of para-hydroxylation sites is 1. The van der Waals surface area contributed by atoms with Crippen molar-refractivity contribution in [1.29, 1.82) is 0 Å². The van der Waals surface area contributed by atoms with Crippen molar-refractivity contribution < 1.29 is 28.8 Å². The number of aromatic hydroxyl groups is 1. The van der Waals surface area contributed by atoms with Gasteiger partial charge in [0.1, 0.15) is 5.75 Å². The Morgan fingerprint density at radius 2 is 1.48 bits per heavy atom. The van der Waals surface area contributed by atoms with Crippen LogP contribution in [0.15, 0.2) is 150 Å². The van der Waals surface area contributed by atoms with E-state index < -0.39 is 39.3 Å². The van der Waals surface area contributed by atoms with Gasteiger partial charge in [-0.1, -0.05) is 136 Å². The highest BCUT2D eigenvalue weighted by atomic mass is 35.5. The average molecular weight is 879 g/mol. The number of carbonyl (C=O) groups is 2. The van der Waals surface area contributed by atoms with Gasteiger partial charge < -0.3 is 24.5 Å². The zero-order valence-electron chi connectivity index (χ0n) is 36.5. The molecule has 0 radical (unpaired) electrons. The van der Waals surface area contributed by atoms with Crippen LogP contribution in [0.25, 0.3) is 6.08 Å². The Hall–Kier alpha value is -5.23. The van der Waals surface area contributed by atoms with E-state index in [2.05, 4.69) is 87.6 Å². The number of phenolic OH excluding ortho intramolecular Hbond substituents is 1. The van der Waals surface area contributed by atoms with Crippen LogP contribution in [0.2, 0.25) is 16.4 Å². The number of carbonyl (C=O) groups excluding carboxylic acids is 2. The maximum absolute atomic E-state index is 14.8. The molecule has 324 valence electrons. The van der Waals surface area contributed by atoms with Gasteiger partial charge in [0.2, 0.25) is 11.8 Å². The molecular weight excluding hydrogens is 823 g/mol. The number of amides is 2. The lowest BCUT2D eigenvalue weighted by Crippen LogP contribution is -2.66. The number of hydrogen-bond acceptors (Lipinski definition) is 7. The Morgan fingerprint density at radius 3 is 2.08 bits per heavy atom. The standard InChI is InChI=1S/C52H56BClN2O6Si/c1-5-15-35(30-36-23-28-41(57)32-46(36)54)22-29-47-48-37(34-61-63(52(2,3)4,42-18-11-7-12-19-42)43-20-13-8-14-21-43)31-44-49(45(48)33-53(60)62-47)51(59)56(50(44)58)40-26-24-39(25-27-40)55-38-16-9-6-10-17-38/h6-14,16-21,23-28,30,32,44-45,47,49,55,57,60H,5,15,22,29,31,33-34H2,1-4H3/b35-30+/t44-,45+,47-,49-/m1/s1. The Morgan fingerprint density at radius 1 is 0.857 bits per heavy atom. The van der Waals surface area contributed by atoms with E-state index in [0.717, 1.165) is 56.9 Å². The zero-order chi connectivity index (χ0) is 44.3. The van der Waals surface area contributed by atoms with E-state index in [1.165, 1.54) is 4.90 Å². The van der Waals surface area contributed by atoms with Crippen molar-refractivity contribution in [3.63, 3.8) is 0 Å². The average Bonchev–Trinajstić information content (AvgIpc) is 3.52. The molecule has 4 atom stereocenters. The van der Waals surface area contributed by atoms with Gasteiger partial charge in [0.25, 0.3) is 8.32 Å². The lowest BCUT2D eigenvalue weighted by atomic mass is 9.58. The van der Waals surface area contributed by atoms with Gasteiger partial charge in [-0.15, -0.1) is 0 Å². The molecule has 8 nitrogen and oxygen atoms in total. The number of allylic oxidation sites excluding steroid dienone is 1. The summed E-state index contributed by atoms with van der Waals surface area (Å²) < 4.78 is 14.1. The number of anilines is 3. The van der Waals surface area contributed by atoms with Gasteiger partial charge in [-0.25, -0.2) is 0 Å². The first-order valence-electron chi connectivity index (χ1n) is 22.2. The molecular formula is C52H56BClN2O6Si. The Bertz CT molecular complexity index is 2440. The number of imide groups is 1.